The molecule has 0 spiro atoms. The van der Waals surface area contributed by atoms with Crippen molar-refractivity contribution in [3.63, 3.8) is 0 Å². The monoisotopic (exact) mass is 212 g/mol. The van der Waals surface area contributed by atoms with E-state index < -0.39 is 0 Å². The zero-order chi connectivity index (χ0) is 10.4. The molecule has 0 radical (unpaired) electrons. The molecule has 0 aliphatic rings. The molecule has 0 bridgehead atoms. The lowest BCUT2D eigenvalue weighted by molar-refractivity contribution is 0.400. The van der Waals surface area contributed by atoms with E-state index in [4.69, 9.17) is 4.74 Å². The van der Waals surface area contributed by atoms with E-state index in [2.05, 4.69) is 16.6 Å². The van der Waals surface area contributed by atoms with Gasteiger partial charge in [-0.2, -0.15) is 11.8 Å². The summed E-state index contributed by atoms with van der Waals surface area (Å²) in [5.74, 6) is 1.84. The largest absolute Gasteiger partial charge is 0.495 e. The Labute approximate surface area is 89.3 Å². The molecule has 0 saturated heterocycles. The van der Waals surface area contributed by atoms with Crippen molar-refractivity contribution in [1.29, 1.82) is 0 Å². The summed E-state index contributed by atoms with van der Waals surface area (Å²) >= 11 is 1.79. The van der Waals surface area contributed by atoms with Crippen LogP contribution in [0.4, 0.5) is 0 Å². The number of hydrogen-bond acceptors (Lipinski definition) is 4. The van der Waals surface area contributed by atoms with Crippen molar-refractivity contribution in [3.05, 3.63) is 24.0 Å². The van der Waals surface area contributed by atoms with Crippen LogP contribution in [0.3, 0.4) is 0 Å². The summed E-state index contributed by atoms with van der Waals surface area (Å²) < 4.78 is 5.26. The standard InChI is InChI=1S/C10H16N2OS/c1-11-8(7-14-3)10-9(13-2)5-4-6-12-10/h4-6,8,11H,7H2,1-3H3. The third kappa shape index (κ3) is 2.62. The minimum Gasteiger partial charge on any atom is -0.495 e. The van der Waals surface area contributed by atoms with Crippen LogP contribution in [0.2, 0.25) is 0 Å². The molecule has 0 amide bonds. The van der Waals surface area contributed by atoms with Crippen LogP contribution in [0.25, 0.3) is 0 Å². The van der Waals surface area contributed by atoms with Gasteiger partial charge in [-0.05, 0) is 25.4 Å². The van der Waals surface area contributed by atoms with E-state index in [1.807, 2.05) is 19.2 Å². The average molecular weight is 212 g/mol. The number of aromatic nitrogens is 1. The number of methoxy groups -OCH3 is 1. The van der Waals surface area contributed by atoms with Gasteiger partial charge in [0.15, 0.2) is 0 Å². The lowest BCUT2D eigenvalue weighted by Gasteiger charge is -2.16. The first kappa shape index (κ1) is 11.3. The van der Waals surface area contributed by atoms with Gasteiger partial charge in [-0.1, -0.05) is 0 Å². The lowest BCUT2D eigenvalue weighted by Crippen LogP contribution is -2.20. The second kappa shape index (κ2) is 5.88. The molecular weight excluding hydrogens is 196 g/mol. The van der Waals surface area contributed by atoms with E-state index in [1.165, 1.54) is 0 Å². The number of pyridine rings is 1. The molecule has 0 aliphatic heterocycles. The second-order valence-electron chi connectivity index (χ2n) is 2.89. The molecule has 4 heteroatoms. The number of nitrogens with one attached hydrogen (secondary N) is 1. The fourth-order valence-corrected chi connectivity index (χ4v) is 1.96. The molecule has 0 saturated carbocycles. The van der Waals surface area contributed by atoms with Crippen molar-refractivity contribution in [3.8, 4) is 5.75 Å². The lowest BCUT2D eigenvalue weighted by atomic mass is 10.2. The fraction of sp³-hybridized carbons (Fsp3) is 0.500. The number of rotatable bonds is 5. The smallest absolute Gasteiger partial charge is 0.142 e. The topological polar surface area (TPSA) is 34.2 Å². The Morgan fingerprint density at radius 3 is 3.00 bits per heavy atom. The van der Waals surface area contributed by atoms with Crippen LogP contribution in [0, 0.1) is 0 Å². The van der Waals surface area contributed by atoms with Gasteiger partial charge in [-0.3, -0.25) is 4.98 Å². The van der Waals surface area contributed by atoms with Crippen molar-refractivity contribution < 1.29 is 4.74 Å². The Morgan fingerprint density at radius 2 is 2.43 bits per heavy atom. The highest BCUT2D eigenvalue weighted by atomic mass is 32.2. The van der Waals surface area contributed by atoms with Crippen LogP contribution >= 0.6 is 11.8 Å². The molecule has 1 heterocycles. The van der Waals surface area contributed by atoms with E-state index in [1.54, 1.807) is 25.1 Å². The Bertz CT molecular complexity index is 281. The Morgan fingerprint density at radius 1 is 1.64 bits per heavy atom. The van der Waals surface area contributed by atoms with Gasteiger partial charge in [-0.25, -0.2) is 0 Å². The molecule has 1 aromatic heterocycles. The fourth-order valence-electron chi connectivity index (χ4n) is 1.30. The average Bonchev–Trinajstić information content (AvgIpc) is 2.26. The van der Waals surface area contributed by atoms with Gasteiger partial charge in [-0.15, -0.1) is 0 Å². The van der Waals surface area contributed by atoms with Crippen LogP contribution in [-0.4, -0.2) is 31.2 Å². The number of hydrogen-bond donors (Lipinski definition) is 1. The van der Waals surface area contributed by atoms with Crippen molar-refractivity contribution >= 4 is 11.8 Å². The van der Waals surface area contributed by atoms with Crippen LogP contribution in [0.15, 0.2) is 18.3 Å². The van der Waals surface area contributed by atoms with Crippen molar-refractivity contribution in [1.82, 2.24) is 10.3 Å². The van der Waals surface area contributed by atoms with Crippen LogP contribution in [0.5, 0.6) is 5.75 Å². The zero-order valence-electron chi connectivity index (χ0n) is 8.78. The van der Waals surface area contributed by atoms with E-state index in [-0.39, 0.29) is 6.04 Å². The van der Waals surface area contributed by atoms with Crippen molar-refractivity contribution in [2.24, 2.45) is 0 Å². The first-order valence-electron chi connectivity index (χ1n) is 4.48. The van der Waals surface area contributed by atoms with E-state index in [0.29, 0.717) is 0 Å². The van der Waals surface area contributed by atoms with E-state index >= 15 is 0 Å². The van der Waals surface area contributed by atoms with Crippen molar-refractivity contribution in [2.45, 2.75) is 6.04 Å². The van der Waals surface area contributed by atoms with E-state index in [9.17, 15) is 0 Å². The summed E-state index contributed by atoms with van der Waals surface area (Å²) in [5.41, 5.74) is 0.979. The quantitative estimate of drug-likeness (QED) is 0.806. The molecule has 0 fully saturated rings. The summed E-state index contributed by atoms with van der Waals surface area (Å²) in [6.45, 7) is 0. The predicted octanol–water partition coefficient (Wildman–Crippen LogP) is 1.71. The molecule has 1 rings (SSSR count). The van der Waals surface area contributed by atoms with Gasteiger partial charge < -0.3 is 10.1 Å². The molecule has 14 heavy (non-hydrogen) atoms. The van der Waals surface area contributed by atoms with Crippen LogP contribution in [0.1, 0.15) is 11.7 Å². The molecule has 0 aromatic carbocycles. The molecule has 3 nitrogen and oxygen atoms in total. The zero-order valence-corrected chi connectivity index (χ0v) is 9.60. The maximum Gasteiger partial charge on any atom is 0.142 e. The van der Waals surface area contributed by atoms with Crippen LogP contribution in [-0.2, 0) is 0 Å². The summed E-state index contributed by atoms with van der Waals surface area (Å²) in [6, 6.07) is 4.07. The molecule has 1 aromatic rings. The summed E-state index contributed by atoms with van der Waals surface area (Å²) in [5, 5.41) is 3.23. The highest BCUT2D eigenvalue weighted by Crippen LogP contribution is 2.23. The first-order chi connectivity index (χ1) is 6.83. The second-order valence-corrected chi connectivity index (χ2v) is 3.80. The molecule has 78 valence electrons. The highest BCUT2D eigenvalue weighted by molar-refractivity contribution is 7.98. The molecule has 1 N–H and O–H groups in total. The van der Waals surface area contributed by atoms with Gasteiger partial charge in [0.05, 0.1) is 18.8 Å². The number of nitrogens with zero attached hydrogens (tertiary/aromatic N) is 1. The summed E-state index contributed by atoms with van der Waals surface area (Å²) in [4.78, 5) is 4.34. The maximum absolute atomic E-state index is 5.26. The minimum absolute atomic E-state index is 0.251. The highest BCUT2D eigenvalue weighted by Gasteiger charge is 2.14. The molecule has 1 atom stereocenters. The van der Waals surface area contributed by atoms with Crippen molar-refractivity contribution in [2.75, 3.05) is 26.2 Å². The summed E-state index contributed by atoms with van der Waals surface area (Å²) in [7, 11) is 3.61. The third-order valence-corrected chi connectivity index (χ3v) is 2.70. The SMILES string of the molecule is CNC(CSC)c1ncccc1OC. The van der Waals surface area contributed by atoms with Gasteiger partial charge in [0, 0.05) is 11.9 Å². The first-order valence-corrected chi connectivity index (χ1v) is 5.88. The maximum atomic E-state index is 5.26. The predicted molar refractivity (Wildman–Crippen MR) is 61.0 cm³/mol. The van der Waals surface area contributed by atoms with E-state index in [0.717, 1.165) is 17.2 Å². The minimum atomic E-state index is 0.251. The number of ether oxygens (including phenoxy) is 1. The van der Waals surface area contributed by atoms with Gasteiger partial charge in [0.1, 0.15) is 5.75 Å². The summed E-state index contributed by atoms with van der Waals surface area (Å²) in [6.07, 6.45) is 3.88. The van der Waals surface area contributed by atoms with Gasteiger partial charge >= 0.3 is 0 Å². The molecular formula is C10H16N2OS. The Kier molecular flexibility index (Phi) is 4.76. The van der Waals surface area contributed by atoms with Crippen LogP contribution < -0.4 is 10.1 Å². The molecule has 0 aliphatic carbocycles. The Balaban J connectivity index is 2.90. The number of thioether (sulfide) groups is 1. The Hall–Kier alpha value is -0.740. The third-order valence-electron chi connectivity index (χ3n) is 2.03. The normalized spacial score (nSPS) is 12.5. The molecule has 1 unspecified atom stereocenters. The van der Waals surface area contributed by atoms with Gasteiger partial charge in [0.2, 0.25) is 0 Å². The van der Waals surface area contributed by atoms with Gasteiger partial charge in [0.25, 0.3) is 0 Å².